The maximum absolute atomic E-state index is 14.9. The first kappa shape index (κ1) is 25.4. The normalized spacial score (nSPS) is 16.5. The fourth-order valence-electron chi connectivity index (χ4n) is 4.51. The van der Waals surface area contributed by atoms with Crippen molar-refractivity contribution in [2.45, 2.75) is 51.0 Å². The number of hydrogen-bond acceptors (Lipinski definition) is 8. The standard InChI is InChI=1S/C26H29ClFN5O4/c27-25-20-5-7-33(13-21(20)22(28)9-23(25)36-14-19-11-29-15-37-19)12-18(34)10-31-26(35)16-4-6-30-24(8-16)32-17-2-1-3-17/h4,6,8-9,11,15,17-18,34H,1-3,5,7,10,12-14H2,(H,30,32)(H,31,35). The third-order valence-electron chi connectivity index (χ3n) is 6.75. The van der Waals surface area contributed by atoms with Gasteiger partial charge in [0.2, 0.25) is 0 Å². The quantitative estimate of drug-likeness (QED) is 0.365. The van der Waals surface area contributed by atoms with Crippen molar-refractivity contribution in [3.05, 3.63) is 70.3 Å². The van der Waals surface area contributed by atoms with Crippen LogP contribution in [-0.4, -0.2) is 57.7 Å². The SMILES string of the molecule is O=C(NCC(O)CN1CCc2c(Cl)c(OCc3cnco3)cc(F)c2C1)c1ccnc(NC2CCC2)c1. The number of halogens is 2. The molecular weight excluding hydrogens is 501 g/mol. The van der Waals surface area contributed by atoms with Gasteiger partial charge in [0, 0.05) is 55.6 Å². The molecule has 1 aromatic carbocycles. The summed E-state index contributed by atoms with van der Waals surface area (Å²) in [5.74, 6) is 0.752. The maximum Gasteiger partial charge on any atom is 0.251 e. The number of hydrogen-bond donors (Lipinski definition) is 3. The van der Waals surface area contributed by atoms with Gasteiger partial charge in [-0.1, -0.05) is 11.6 Å². The van der Waals surface area contributed by atoms with E-state index in [0.717, 1.165) is 12.8 Å². The number of rotatable bonds is 10. The average molecular weight is 530 g/mol. The molecule has 2 aliphatic rings. The molecule has 9 nitrogen and oxygen atoms in total. The first-order chi connectivity index (χ1) is 18.0. The van der Waals surface area contributed by atoms with Crippen molar-refractivity contribution in [2.24, 2.45) is 0 Å². The summed E-state index contributed by atoms with van der Waals surface area (Å²) in [6, 6.07) is 5.06. The number of amides is 1. The van der Waals surface area contributed by atoms with Gasteiger partial charge in [-0.2, -0.15) is 0 Å². The van der Waals surface area contributed by atoms with E-state index < -0.39 is 11.9 Å². The Morgan fingerprint density at radius 2 is 2.22 bits per heavy atom. The van der Waals surface area contributed by atoms with E-state index in [2.05, 4.69) is 20.6 Å². The van der Waals surface area contributed by atoms with Crippen molar-refractivity contribution in [3.63, 3.8) is 0 Å². The van der Waals surface area contributed by atoms with Crippen LogP contribution in [0.25, 0.3) is 0 Å². The van der Waals surface area contributed by atoms with Crippen LogP contribution in [0.2, 0.25) is 5.02 Å². The molecule has 1 aliphatic heterocycles. The molecule has 1 amide bonds. The smallest absolute Gasteiger partial charge is 0.251 e. The summed E-state index contributed by atoms with van der Waals surface area (Å²) >= 11 is 6.52. The number of benzene rings is 1. The lowest BCUT2D eigenvalue weighted by atomic mass is 9.93. The molecule has 1 aliphatic carbocycles. The van der Waals surface area contributed by atoms with Gasteiger partial charge in [0.1, 0.15) is 24.0 Å². The Morgan fingerprint density at radius 3 is 2.97 bits per heavy atom. The highest BCUT2D eigenvalue weighted by atomic mass is 35.5. The second-order valence-corrected chi connectivity index (χ2v) is 9.81. The van der Waals surface area contributed by atoms with Crippen LogP contribution in [0.3, 0.4) is 0 Å². The zero-order valence-corrected chi connectivity index (χ0v) is 21.0. The molecule has 5 rings (SSSR count). The first-order valence-corrected chi connectivity index (χ1v) is 12.7. The van der Waals surface area contributed by atoms with Gasteiger partial charge in [0.05, 0.1) is 17.3 Å². The molecule has 3 heterocycles. The summed E-state index contributed by atoms with van der Waals surface area (Å²) in [6.07, 6.45) is 7.54. The van der Waals surface area contributed by atoms with Crippen molar-refractivity contribution < 1.29 is 23.4 Å². The first-order valence-electron chi connectivity index (χ1n) is 12.4. The van der Waals surface area contributed by atoms with E-state index in [0.29, 0.717) is 58.8 Å². The summed E-state index contributed by atoms with van der Waals surface area (Å²) in [5, 5.41) is 17.0. The number of aliphatic hydroxyl groups excluding tert-OH is 1. The van der Waals surface area contributed by atoms with Crippen molar-refractivity contribution in [1.82, 2.24) is 20.2 Å². The molecule has 1 saturated carbocycles. The molecule has 3 aromatic rings. The number of aromatic nitrogens is 2. The Labute approximate surface area is 219 Å². The molecule has 0 bridgehead atoms. The number of carbonyl (C=O) groups is 1. The molecule has 37 heavy (non-hydrogen) atoms. The zero-order valence-electron chi connectivity index (χ0n) is 20.3. The number of β-amino-alcohol motifs (C(OH)–C–C–N with tert-alkyl or cyclic N) is 1. The molecule has 1 atom stereocenters. The Hall–Kier alpha value is -3.21. The number of nitrogens with zero attached hydrogens (tertiary/aromatic N) is 3. The number of nitrogens with one attached hydrogen (secondary N) is 2. The van der Waals surface area contributed by atoms with Crippen molar-refractivity contribution in [2.75, 3.05) is 25.0 Å². The van der Waals surface area contributed by atoms with Gasteiger partial charge in [0.25, 0.3) is 5.91 Å². The van der Waals surface area contributed by atoms with Crippen LogP contribution < -0.4 is 15.4 Å². The molecule has 0 radical (unpaired) electrons. The fraction of sp³-hybridized carbons (Fsp3) is 0.423. The second kappa shape index (κ2) is 11.5. The van der Waals surface area contributed by atoms with E-state index >= 15 is 0 Å². The van der Waals surface area contributed by atoms with Gasteiger partial charge < -0.3 is 24.9 Å². The third-order valence-corrected chi connectivity index (χ3v) is 7.17. The number of ether oxygens (including phenoxy) is 1. The van der Waals surface area contributed by atoms with Crippen LogP contribution in [0.1, 0.15) is 46.5 Å². The molecule has 3 N–H and O–H groups in total. The van der Waals surface area contributed by atoms with E-state index in [1.165, 1.54) is 25.1 Å². The number of anilines is 1. The monoisotopic (exact) mass is 529 g/mol. The van der Waals surface area contributed by atoms with Crippen LogP contribution >= 0.6 is 11.6 Å². The average Bonchev–Trinajstić information content (AvgIpc) is 3.40. The Kier molecular flexibility index (Phi) is 7.87. The van der Waals surface area contributed by atoms with Gasteiger partial charge in [-0.15, -0.1) is 0 Å². The predicted molar refractivity (Wildman–Crippen MR) is 135 cm³/mol. The lowest BCUT2D eigenvalue weighted by Crippen LogP contribution is -2.42. The number of oxazole rings is 1. The summed E-state index contributed by atoms with van der Waals surface area (Å²) in [5.41, 5.74) is 1.68. The van der Waals surface area contributed by atoms with E-state index in [1.807, 2.05) is 4.90 Å². The predicted octanol–water partition coefficient (Wildman–Crippen LogP) is 3.55. The van der Waals surface area contributed by atoms with E-state index in [4.69, 9.17) is 20.8 Å². The molecular formula is C26H29ClFN5O4. The molecule has 2 aromatic heterocycles. The van der Waals surface area contributed by atoms with Crippen molar-refractivity contribution >= 4 is 23.3 Å². The van der Waals surface area contributed by atoms with Gasteiger partial charge in [0.15, 0.2) is 12.2 Å². The second-order valence-electron chi connectivity index (χ2n) is 9.43. The topological polar surface area (TPSA) is 113 Å². The largest absolute Gasteiger partial charge is 0.484 e. The summed E-state index contributed by atoms with van der Waals surface area (Å²) in [6.45, 7) is 1.34. The zero-order chi connectivity index (χ0) is 25.8. The summed E-state index contributed by atoms with van der Waals surface area (Å²) < 4.78 is 25.7. The minimum absolute atomic E-state index is 0.0769. The van der Waals surface area contributed by atoms with Gasteiger partial charge in [-0.05, 0) is 43.4 Å². The van der Waals surface area contributed by atoms with Crippen LogP contribution in [0.5, 0.6) is 5.75 Å². The third kappa shape index (κ3) is 6.20. The molecule has 0 spiro atoms. The molecule has 11 heteroatoms. The molecule has 0 saturated heterocycles. The van der Waals surface area contributed by atoms with E-state index in [-0.39, 0.29) is 31.4 Å². The maximum atomic E-state index is 14.9. The van der Waals surface area contributed by atoms with Gasteiger partial charge in [-0.25, -0.2) is 14.4 Å². The van der Waals surface area contributed by atoms with Crippen LogP contribution in [0.15, 0.2) is 41.4 Å². The Bertz CT molecular complexity index is 1240. The minimum atomic E-state index is -0.817. The molecule has 196 valence electrons. The van der Waals surface area contributed by atoms with Gasteiger partial charge in [-0.3, -0.25) is 9.69 Å². The number of aliphatic hydroxyl groups is 1. The lowest BCUT2D eigenvalue weighted by Gasteiger charge is -2.31. The van der Waals surface area contributed by atoms with Crippen LogP contribution in [0.4, 0.5) is 10.2 Å². The molecule has 1 unspecified atom stereocenters. The van der Waals surface area contributed by atoms with Gasteiger partial charge >= 0.3 is 0 Å². The number of pyridine rings is 1. The number of fused-ring (bicyclic) bond motifs is 1. The van der Waals surface area contributed by atoms with Crippen LogP contribution in [-0.2, 0) is 19.6 Å². The molecule has 1 fully saturated rings. The van der Waals surface area contributed by atoms with Crippen molar-refractivity contribution in [3.8, 4) is 5.75 Å². The highest BCUT2D eigenvalue weighted by molar-refractivity contribution is 6.33. The fourth-order valence-corrected chi connectivity index (χ4v) is 4.82. The van der Waals surface area contributed by atoms with Crippen molar-refractivity contribution in [1.29, 1.82) is 0 Å². The summed E-state index contributed by atoms with van der Waals surface area (Å²) in [7, 11) is 0. The highest BCUT2D eigenvalue weighted by Gasteiger charge is 2.26. The lowest BCUT2D eigenvalue weighted by molar-refractivity contribution is 0.0839. The Morgan fingerprint density at radius 1 is 1.35 bits per heavy atom. The van der Waals surface area contributed by atoms with E-state index in [9.17, 15) is 14.3 Å². The number of carbonyl (C=O) groups excluding carboxylic acids is 1. The minimum Gasteiger partial charge on any atom is -0.484 e. The highest BCUT2D eigenvalue weighted by Crippen LogP contribution is 2.36. The van der Waals surface area contributed by atoms with Crippen LogP contribution in [0, 0.1) is 5.82 Å². The Balaban J connectivity index is 1.13. The summed E-state index contributed by atoms with van der Waals surface area (Å²) in [4.78, 5) is 22.6. The van der Waals surface area contributed by atoms with E-state index in [1.54, 1.807) is 18.3 Å².